The van der Waals surface area contributed by atoms with Gasteiger partial charge in [-0.15, -0.1) is 0 Å². The number of nitrogens with zero attached hydrogens (tertiary/aromatic N) is 3. The van der Waals surface area contributed by atoms with Crippen molar-refractivity contribution in [2.24, 2.45) is 5.11 Å². The Hall–Kier alpha value is -1.95. The minimum absolute atomic E-state index is 0.0750. The Morgan fingerprint density at radius 2 is 2.17 bits per heavy atom. The van der Waals surface area contributed by atoms with Crippen LogP contribution in [0, 0.1) is 0 Å². The maximum Gasteiger partial charge on any atom is 0.125 e. The molecule has 2 atom stereocenters. The molecule has 0 bridgehead atoms. The molecule has 0 radical (unpaired) electrons. The van der Waals surface area contributed by atoms with Crippen molar-refractivity contribution in [3.63, 3.8) is 0 Å². The molecule has 0 aliphatic carbocycles. The summed E-state index contributed by atoms with van der Waals surface area (Å²) in [7, 11) is 1.46. The highest BCUT2D eigenvalue weighted by Gasteiger charge is 2.21. The second-order valence-corrected chi connectivity index (χ2v) is 3.68. The standard InChI is InChI=1S/C11H15N3O4/c1-18-7-2-3-8(10(16)6-7)11(17)9(15)4-5-13-14-12/h2-3,6,9,11,15-17H,4-5H2,1H3. The summed E-state index contributed by atoms with van der Waals surface area (Å²) >= 11 is 0. The molecule has 0 aliphatic heterocycles. The Bertz CT molecular complexity index is 446. The van der Waals surface area contributed by atoms with Gasteiger partial charge >= 0.3 is 0 Å². The van der Waals surface area contributed by atoms with E-state index in [9.17, 15) is 15.3 Å². The number of ether oxygens (including phenoxy) is 1. The Balaban J connectivity index is 2.76. The Kier molecular flexibility index (Phi) is 5.26. The molecular weight excluding hydrogens is 238 g/mol. The van der Waals surface area contributed by atoms with Crippen molar-refractivity contribution >= 4 is 0 Å². The molecule has 0 saturated carbocycles. The molecule has 7 nitrogen and oxygen atoms in total. The minimum Gasteiger partial charge on any atom is -0.507 e. The molecule has 1 aromatic rings. The van der Waals surface area contributed by atoms with Gasteiger partial charge in [0.05, 0.1) is 13.2 Å². The first-order valence-electron chi connectivity index (χ1n) is 5.34. The van der Waals surface area contributed by atoms with Gasteiger partial charge < -0.3 is 20.1 Å². The molecule has 2 unspecified atom stereocenters. The highest BCUT2D eigenvalue weighted by molar-refractivity contribution is 5.41. The second-order valence-electron chi connectivity index (χ2n) is 3.68. The normalized spacial score (nSPS) is 13.5. The van der Waals surface area contributed by atoms with E-state index in [2.05, 4.69) is 10.0 Å². The summed E-state index contributed by atoms with van der Waals surface area (Å²) in [6.45, 7) is 0.0750. The van der Waals surface area contributed by atoms with E-state index in [1.165, 1.54) is 19.2 Å². The molecule has 0 spiro atoms. The van der Waals surface area contributed by atoms with E-state index in [0.29, 0.717) is 5.75 Å². The first-order valence-corrected chi connectivity index (χ1v) is 5.34. The van der Waals surface area contributed by atoms with Gasteiger partial charge in [0, 0.05) is 23.1 Å². The molecule has 3 N–H and O–H groups in total. The average Bonchev–Trinajstić information content (AvgIpc) is 2.38. The molecular formula is C11H15N3O4. The van der Waals surface area contributed by atoms with Crippen LogP contribution < -0.4 is 4.74 Å². The van der Waals surface area contributed by atoms with Gasteiger partial charge in [0.15, 0.2) is 0 Å². The van der Waals surface area contributed by atoms with E-state index in [1.807, 2.05) is 0 Å². The van der Waals surface area contributed by atoms with Crippen LogP contribution in [0.15, 0.2) is 23.3 Å². The number of phenolic OH excluding ortho intramolecular Hbond substituents is 1. The van der Waals surface area contributed by atoms with Crippen molar-refractivity contribution < 1.29 is 20.1 Å². The fourth-order valence-electron chi connectivity index (χ4n) is 1.50. The van der Waals surface area contributed by atoms with Crippen LogP contribution in [0.3, 0.4) is 0 Å². The molecule has 7 heteroatoms. The maximum atomic E-state index is 9.85. The highest BCUT2D eigenvalue weighted by atomic mass is 16.5. The lowest BCUT2D eigenvalue weighted by molar-refractivity contribution is 0.0137. The number of aliphatic hydroxyl groups excluding tert-OH is 2. The Labute approximate surface area is 104 Å². The van der Waals surface area contributed by atoms with E-state index < -0.39 is 12.2 Å². The number of benzene rings is 1. The summed E-state index contributed by atoms with van der Waals surface area (Å²) in [6.07, 6.45) is -2.25. The Morgan fingerprint density at radius 3 is 2.72 bits per heavy atom. The van der Waals surface area contributed by atoms with Crippen molar-refractivity contribution in [2.45, 2.75) is 18.6 Å². The lowest BCUT2D eigenvalue weighted by Crippen LogP contribution is -2.19. The van der Waals surface area contributed by atoms with Crippen molar-refractivity contribution in [2.75, 3.05) is 13.7 Å². The molecule has 0 saturated heterocycles. The van der Waals surface area contributed by atoms with Crippen LogP contribution in [0.5, 0.6) is 11.5 Å². The summed E-state index contributed by atoms with van der Waals surface area (Å²) in [4.78, 5) is 2.55. The number of aliphatic hydroxyl groups is 2. The third-order valence-electron chi connectivity index (χ3n) is 2.51. The number of hydrogen-bond acceptors (Lipinski definition) is 5. The molecule has 98 valence electrons. The van der Waals surface area contributed by atoms with Crippen molar-refractivity contribution in [3.8, 4) is 11.5 Å². The van der Waals surface area contributed by atoms with Crippen LogP contribution >= 0.6 is 0 Å². The number of hydrogen-bond donors (Lipinski definition) is 3. The van der Waals surface area contributed by atoms with Crippen LogP contribution in [0.2, 0.25) is 0 Å². The lowest BCUT2D eigenvalue weighted by atomic mass is 10.0. The summed E-state index contributed by atoms with van der Waals surface area (Å²) in [6, 6.07) is 4.38. The first-order chi connectivity index (χ1) is 8.60. The number of methoxy groups -OCH3 is 1. The molecule has 0 aliphatic rings. The molecule has 0 heterocycles. The number of rotatable bonds is 6. The van der Waals surface area contributed by atoms with Crippen molar-refractivity contribution in [1.29, 1.82) is 0 Å². The van der Waals surface area contributed by atoms with E-state index in [-0.39, 0.29) is 24.3 Å². The van der Waals surface area contributed by atoms with Gasteiger partial charge in [-0.1, -0.05) is 5.11 Å². The van der Waals surface area contributed by atoms with Crippen LogP contribution in [0.4, 0.5) is 0 Å². The minimum atomic E-state index is -1.25. The zero-order valence-electron chi connectivity index (χ0n) is 9.89. The molecule has 0 aromatic heterocycles. The van der Waals surface area contributed by atoms with Crippen LogP contribution in [0.25, 0.3) is 10.4 Å². The van der Waals surface area contributed by atoms with E-state index in [0.717, 1.165) is 0 Å². The summed E-state index contributed by atoms with van der Waals surface area (Å²) in [5.41, 5.74) is 8.30. The molecule has 1 rings (SSSR count). The fourth-order valence-corrected chi connectivity index (χ4v) is 1.50. The van der Waals surface area contributed by atoms with Crippen molar-refractivity contribution in [3.05, 3.63) is 34.2 Å². The third-order valence-corrected chi connectivity index (χ3v) is 2.51. The smallest absolute Gasteiger partial charge is 0.125 e. The van der Waals surface area contributed by atoms with Gasteiger partial charge in [0.1, 0.15) is 17.6 Å². The Morgan fingerprint density at radius 1 is 1.44 bits per heavy atom. The summed E-state index contributed by atoms with van der Waals surface area (Å²) in [5.74, 6) is 0.289. The van der Waals surface area contributed by atoms with E-state index in [1.54, 1.807) is 6.07 Å². The predicted molar refractivity (Wildman–Crippen MR) is 64.3 cm³/mol. The van der Waals surface area contributed by atoms with Gasteiger partial charge in [-0.3, -0.25) is 0 Å². The van der Waals surface area contributed by atoms with Crippen LogP contribution in [-0.2, 0) is 0 Å². The van der Waals surface area contributed by atoms with Crippen LogP contribution in [-0.4, -0.2) is 35.1 Å². The first kappa shape index (κ1) is 14.1. The quantitative estimate of drug-likeness (QED) is 0.404. The van der Waals surface area contributed by atoms with Gasteiger partial charge in [-0.2, -0.15) is 0 Å². The number of aromatic hydroxyl groups is 1. The summed E-state index contributed by atoms with van der Waals surface area (Å²) in [5, 5.41) is 32.5. The maximum absolute atomic E-state index is 9.85. The topological polar surface area (TPSA) is 119 Å². The monoisotopic (exact) mass is 253 g/mol. The largest absolute Gasteiger partial charge is 0.507 e. The van der Waals surface area contributed by atoms with Crippen LogP contribution in [0.1, 0.15) is 18.1 Å². The molecule has 0 fully saturated rings. The third kappa shape index (κ3) is 3.53. The van der Waals surface area contributed by atoms with Gasteiger partial charge in [-0.25, -0.2) is 0 Å². The molecule has 1 aromatic carbocycles. The average molecular weight is 253 g/mol. The van der Waals surface area contributed by atoms with Crippen molar-refractivity contribution in [1.82, 2.24) is 0 Å². The van der Waals surface area contributed by atoms with Gasteiger partial charge in [-0.05, 0) is 24.1 Å². The zero-order valence-corrected chi connectivity index (χ0v) is 9.89. The SMILES string of the molecule is COc1ccc(C(O)C(O)CCN=[N+]=[N-])c(O)c1. The van der Waals surface area contributed by atoms with Gasteiger partial charge in [0.2, 0.25) is 0 Å². The lowest BCUT2D eigenvalue weighted by Gasteiger charge is -2.18. The predicted octanol–water partition coefficient (Wildman–Crippen LogP) is 1.50. The summed E-state index contributed by atoms with van der Waals surface area (Å²) < 4.78 is 4.91. The zero-order chi connectivity index (χ0) is 13.5. The molecule has 18 heavy (non-hydrogen) atoms. The number of azide groups is 1. The van der Waals surface area contributed by atoms with E-state index >= 15 is 0 Å². The highest BCUT2D eigenvalue weighted by Crippen LogP contribution is 2.30. The number of phenols is 1. The fraction of sp³-hybridized carbons (Fsp3) is 0.455. The second kappa shape index (κ2) is 6.70. The molecule has 0 amide bonds. The van der Waals surface area contributed by atoms with E-state index in [4.69, 9.17) is 10.3 Å². The van der Waals surface area contributed by atoms with Gasteiger partial charge in [0.25, 0.3) is 0 Å².